The van der Waals surface area contributed by atoms with Gasteiger partial charge in [-0.15, -0.1) is 37.2 Å². The molecule has 0 atom stereocenters. The van der Waals surface area contributed by atoms with Crippen molar-refractivity contribution in [1.29, 1.82) is 0 Å². The summed E-state index contributed by atoms with van der Waals surface area (Å²) in [5.74, 6) is 0. The van der Waals surface area contributed by atoms with Crippen LogP contribution in [-0.4, -0.2) is 0 Å². The van der Waals surface area contributed by atoms with Crippen molar-refractivity contribution in [3.63, 3.8) is 0 Å². The predicted molar refractivity (Wildman–Crippen MR) is 75.5 cm³/mol. The molecular weight excluding hydrogens is 354 g/mol. The standard InChI is InChI=1S/C13H9.3ClH.Zr/c1-3-7-12-10(5-1)9-11-6-2-4-8-13(11)12;;;;/h1-9H;3*1H;. The van der Waals surface area contributed by atoms with Crippen LogP contribution in [0.5, 0.6) is 0 Å². The van der Waals surface area contributed by atoms with E-state index < -0.39 is 0 Å². The van der Waals surface area contributed by atoms with Gasteiger partial charge in [0, 0.05) is 0 Å². The summed E-state index contributed by atoms with van der Waals surface area (Å²) in [4.78, 5) is 0. The fraction of sp³-hybridized carbons (Fsp3) is 0.0769. The molecule has 0 aromatic heterocycles. The Morgan fingerprint density at radius 2 is 1.00 bits per heavy atom. The Labute approximate surface area is 135 Å². The van der Waals surface area contributed by atoms with Crippen molar-refractivity contribution >= 4 is 37.2 Å². The molecule has 17 heavy (non-hydrogen) atoms. The maximum absolute atomic E-state index is 2.26. The van der Waals surface area contributed by atoms with Gasteiger partial charge in [-0.3, -0.25) is 0 Å². The first-order valence-corrected chi connectivity index (χ1v) is 6.19. The summed E-state index contributed by atoms with van der Waals surface area (Å²) in [5.41, 5.74) is 5.88. The molecule has 0 fully saturated rings. The molecule has 0 saturated heterocycles. The molecule has 0 heterocycles. The van der Waals surface area contributed by atoms with Crippen molar-refractivity contribution in [1.82, 2.24) is 0 Å². The molecule has 2 aromatic carbocycles. The van der Waals surface area contributed by atoms with Gasteiger partial charge < -0.3 is 0 Å². The Morgan fingerprint density at radius 3 is 1.41 bits per heavy atom. The summed E-state index contributed by atoms with van der Waals surface area (Å²) < 4.78 is 0.648. The van der Waals surface area contributed by atoms with E-state index in [0.717, 1.165) is 0 Å². The zero-order valence-corrected chi connectivity index (χ0v) is 13.8. The van der Waals surface area contributed by atoms with Crippen molar-refractivity contribution in [2.24, 2.45) is 0 Å². The Kier molecular flexibility index (Phi) is 7.03. The number of fused-ring (bicyclic) bond motifs is 3. The molecule has 0 radical (unpaired) electrons. The minimum atomic E-state index is 0. The fourth-order valence-corrected chi connectivity index (χ4v) is 3.39. The SMILES string of the molecule is Cl.Cl.Cl.[Zr][CH]1c2ccccc2-c2ccccc21. The molecule has 0 spiro atoms. The first-order chi connectivity index (χ1) is 6.88. The molecule has 1 aliphatic rings. The van der Waals surface area contributed by atoms with Crippen LogP contribution in [0.15, 0.2) is 48.5 Å². The van der Waals surface area contributed by atoms with Gasteiger partial charge in [0.25, 0.3) is 0 Å². The van der Waals surface area contributed by atoms with Gasteiger partial charge in [-0.05, 0) is 0 Å². The molecule has 0 unspecified atom stereocenters. The van der Waals surface area contributed by atoms with E-state index in [-0.39, 0.29) is 37.2 Å². The molecule has 89 valence electrons. The summed E-state index contributed by atoms with van der Waals surface area (Å²) in [5, 5.41) is 0. The normalized spacial score (nSPS) is 11.2. The number of halogens is 3. The second-order valence-electron chi connectivity index (χ2n) is 3.61. The van der Waals surface area contributed by atoms with Crippen LogP contribution in [-0.2, 0) is 24.7 Å². The summed E-state index contributed by atoms with van der Waals surface area (Å²) in [7, 11) is 0. The molecule has 0 nitrogen and oxygen atoms in total. The Bertz CT molecular complexity index is 454. The fourth-order valence-electron chi connectivity index (χ4n) is 2.16. The summed E-state index contributed by atoms with van der Waals surface area (Å²) >= 11 is 1.58. The molecule has 0 bridgehead atoms. The molecule has 3 rings (SSSR count). The van der Waals surface area contributed by atoms with Gasteiger partial charge in [-0.2, -0.15) is 0 Å². The van der Waals surface area contributed by atoms with Gasteiger partial charge >= 0.3 is 99.1 Å². The summed E-state index contributed by atoms with van der Waals surface area (Å²) in [6.07, 6.45) is 0. The van der Waals surface area contributed by atoms with Gasteiger partial charge in [0.2, 0.25) is 0 Å². The van der Waals surface area contributed by atoms with Gasteiger partial charge in [0.05, 0.1) is 0 Å². The van der Waals surface area contributed by atoms with Crippen LogP contribution >= 0.6 is 37.2 Å². The molecule has 4 heteroatoms. The van der Waals surface area contributed by atoms with Crippen LogP contribution in [0.2, 0.25) is 0 Å². The first kappa shape index (κ1) is 17.2. The van der Waals surface area contributed by atoms with E-state index in [4.69, 9.17) is 0 Å². The monoisotopic (exact) mass is 363 g/mol. The van der Waals surface area contributed by atoms with Crippen molar-refractivity contribution in [3.05, 3.63) is 59.7 Å². The van der Waals surface area contributed by atoms with Crippen LogP contribution in [0.1, 0.15) is 14.8 Å². The number of hydrogen-bond acceptors (Lipinski definition) is 0. The van der Waals surface area contributed by atoms with Gasteiger partial charge in [-0.25, -0.2) is 0 Å². The van der Waals surface area contributed by atoms with E-state index in [0.29, 0.717) is 3.63 Å². The van der Waals surface area contributed by atoms with Crippen molar-refractivity contribution in [2.45, 2.75) is 3.63 Å². The summed E-state index contributed by atoms with van der Waals surface area (Å²) in [6, 6.07) is 17.5. The third-order valence-electron chi connectivity index (χ3n) is 2.83. The van der Waals surface area contributed by atoms with Gasteiger partial charge in [0.1, 0.15) is 0 Å². The average Bonchev–Trinajstić information content (AvgIpc) is 2.55. The second kappa shape index (κ2) is 6.95. The van der Waals surface area contributed by atoms with E-state index in [1.165, 1.54) is 22.3 Å². The quantitative estimate of drug-likeness (QED) is 0.641. The van der Waals surface area contributed by atoms with E-state index in [1.807, 2.05) is 0 Å². The summed E-state index contributed by atoms with van der Waals surface area (Å²) in [6.45, 7) is 0. The van der Waals surface area contributed by atoms with Gasteiger partial charge in [0.15, 0.2) is 0 Å². The van der Waals surface area contributed by atoms with Crippen molar-refractivity contribution < 1.29 is 24.7 Å². The van der Waals surface area contributed by atoms with Crippen molar-refractivity contribution in [3.8, 4) is 11.1 Å². The van der Waals surface area contributed by atoms with Crippen LogP contribution < -0.4 is 0 Å². The Morgan fingerprint density at radius 1 is 0.647 bits per heavy atom. The van der Waals surface area contributed by atoms with E-state index in [1.54, 1.807) is 24.7 Å². The second-order valence-corrected chi connectivity index (χ2v) is 5.03. The molecule has 1 aliphatic carbocycles. The van der Waals surface area contributed by atoms with Crippen molar-refractivity contribution in [2.75, 3.05) is 0 Å². The zero-order chi connectivity index (χ0) is 9.54. The van der Waals surface area contributed by atoms with E-state index in [9.17, 15) is 0 Å². The molecule has 0 saturated carbocycles. The number of hydrogen-bond donors (Lipinski definition) is 0. The predicted octanol–water partition coefficient (Wildman–Crippen LogP) is 4.57. The molecule has 0 amide bonds. The van der Waals surface area contributed by atoms with E-state index >= 15 is 0 Å². The molecule has 2 aromatic rings. The number of benzene rings is 2. The molecule has 0 N–H and O–H groups in total. The average molecular weight is 366 g/mol. The molecular formula is C13H12Cl3Zr. The van der Waals surface area contributed by atoms with Gasteiger partial charge in [-0.1, -0.05) is 0 Å². The van der Waals surface area contributed by atoms with Crippen LogP contribution in [0.25, 0.3) is 11.1 Å². The topological polar surface area (TPSA) is 0 Å². The van der Waals surface area contributed by atoms with Crippen LogP contribution in [0.3, 0.4) is 0 Å². The van der Waals surface area contributed by atoms with Crippen LogP contribution in [0.4, 0.5) is 0 Å². The zero-order valence-electron chi connectivity index (χ0n) is 8.92. The maximum atomic E-state index is 2.26. The Balaban J connectivity index is 0.000000853. The molecule has 0 aliphatic heterocycles. The van der Waals surface area contributed by atoms with Crippen LogP contribution in [0, 0.1) is 0 Å². The minimum absolute atomic E-state index is 0. The Hall–Kier alpha value is 0.193. The third kappa shape index (κ3) is 2.79. The third-order valence-corrected chi connectivity index (χ3v) is 4.36. The van der Waals surface area contributed by atoms with E-state index in [2.05, 4.69) is 48.5 Å². The first-order valence-electron chi connectivity index (χ1n) is 4.77. The number of rotatable bonds is 0.